The SMILES string of the molecule is O=C(NCCO)c1ccc(-c2ncccc2Cl)cc1. The summed E-state index contributed by atoms with van der Waals surface area (Å²) in [4.78, 5) is 15.9. The molecule has 98 valence electrons. The van der Waals surface area contributed by atoms with Crippen molar-refractivity contribution >= 4 is 17.5 Å². The lowest BCUT2D eigenvalue weighted by Gasteiger charge is -2.06. The summed E-state index contributed by atoms with van der Waals surface area (Å²) in [5, 5.41) is 11.8. The van der Waals surface area contributed by atoms with E-state index < -0.39 is 0 Å². The van der Waals surface area contributed by atoms with Gasteiger partial charge in [-0.1, -0.05) is 23.7 Å². The van der Waals surface area contributed by atoms with Gasteiger partial charge < -0.3 is 10.4 Å². The highest BCUT2D eigenvalue weighted by Gasteiger charge is 2.07. The number of carbonyl (C=O) groups is 1. The number of halogens is 1. The second-order valence-electron chi connectivity index (χ2n) is 3.89. The number of nitrogens with zero attached hydrogens (tertiary/aromatic N) is 1. The Morgan fingerprint density at radius 1 is 1.26 bits per heavy atom. The molecule has 0 fully saturated rings. The molecule has 0 radical (unpaired) electrons. The van der Waals surface area contributed by atoms with E-state index in [4.69, 9.17) is 16.7 Å². The molecule has 5 heteroatoms. The van der Waals surface area contributed by atoms with Gasteiger partial charge in [-0.3, -0.25) is 9.78 Å². The van der Waals surface area contributed by atoms with Gasteiger partial charge in [-0.25, -0.2) is 0 Å². The van der Waals surface area contributed by atoms with Crippen LogP contribution in [0.15, 0.2) is 42.6 Å². The van der Waals surface area contributed by atoms with Crippen LogP contribution in [0.2, 0.25) is 5.02 Å². The first kappa shape index (κ1) is 13.5. The average molecular weight is 277 g/mol. The number of rotatable bonds is 4. The molecular weight excluding hydrogens is 264 g/mol. The van der Waals surface area contributed by atoms with Gasteiger partial charge in [0, 0.05) is 23.9 Å². The third-order valence-corrected chi connectivity index (χ3v) is 2.88. The van der Waals surface area contributed by atoms with E-state index in [2.05, 4.69) is 10.3 Å². The number of hydrogen-bond donors (Lipinski definition) is 2. The standard InChI is InChI=1S/C14H13ClN2O2/c15-12-2-1-7-16-13(12)10-3-5-11(6-4-10)14(19)17-8-9-18/h1-7,18H,8-9H2,(H,17,19). The molecule has 0 saturated heterocycles. The van der Waals surface area contributed by atoms with Crippen LogP contribution in [0.1, 0.15) is 10.4 Å². The van der Waals surface area contributed by atoms with E-state index in [1.807, 2.05) is 0 Å². The number of hydrogen-bond acceptors (Lipinski definition) is 3. The molecule has 1 aromatic heterocycles. The van der Waals surface area contributed by atoms with Gasteiger partial charge in [-0.2, -0.15) is 0 Å². The first-order chi connectivity index (χ1) is 9.22. The molecule has 0 atom stereocenters. The second kappa shape index (κ2) is 6.31. The van der Waals surface area contributed by atoms with Crippen molar-refractivity contribution in [2.45, 2.75) is 0 Å². The molecular formula is C14H13ClN2O2. The Morgan fingerprint density at radius 2 is 2.00 bits per heavy atom. The maximum Gasteiger partial charge on any atom is 0.251 e. The number of aliphatic hydroxyl groups is 1. The number of aliphatic hydroxyl groups excluding tert-OH is 1. The number of aromatic nitrogens is 1. The molecule has 0 aliphatic carbocycles. The summed E-state index contributed by atoms with van der Waals surface area (Å²) in [7, 11) is 0. The molecule has 1 aromatic carbocycles. The zero-order valence-corrected chi connectivity index (χ0v) is 10.9. The van der Waals surface area contributed by atoms with Crippen molar-refractivity contribution in [3.8, 4) is 11.3 Å². The Balaban J connectivity index is 2.19. The minimum atomic E-state index is -0.215. The summed E-state index contributed by atoms with van der Waals surface area (Å²) in [6.07, 6.45) is 1.67. The largest absolute Gasteiger partial charge is 0.395 e. The third-order valence-electron chi connectivity index (χ3n) is 2.58. The summed E-state index contributed by atoms with van der Waals surface area (Å²) in [6, 6.07) is 10.5. The normalized spacial score (nSPS) is 10.2. The van der Waals surface area contributed by atoms with Crippen LogP contribution in [0.5, 0.6) is 0 Å². The van der Waals surface area contributed by atoms with Crippen molar-refractivity contribution in [1.29, 1.82) is 0 Å². The molecule has 0 spiro atoms. The minimum Gasteiger partial charge on any atom is -0.395 e. The number of pyridine rings is 1. The van der Waals surface area contributed by atoms with E-state index in [9.17, 15) is 4.79 Å². The number of carbonyl (C=O) groups excluding carboxylic acids is 1. The Hall–Kier alpha value is -1.91. The van der Waals surface area contributed by atoms with Crippen LogP contribution in [-0.2, 0) is 0 Å². The molecule has 0 aliphatic rings. The van der Waals surface area contributed by atoms with Gasteiger partial charge in [0.25, 0.3) is 5.91 Å². The molecule has 2 aromatic rings. The predicted molar refractivity (Wildman–Crippen MR) is 74.1 cm³/mol. The smallest absolute Gasteiger partial charge is 0.251 e. The van der Waals surface area contributed by atoms with Gasteiger partial charge in [0.1, 0.15) is 0 Å². The third kappa shape index (κ3) is 3.30. The van der Waals surface area contributed by atoms with Crippen molar-refractivity contribution in [1.82, 2.24) is 10.3 Å². The molecule has 2 rings (SSSR count). The van der Waals surface area contributed by atoms with E-state index in [0.29, 0.717) is 16.3 Å². The zero-order chi connectivity index (χ0) is 13.7. The first-order valence-corrected chi connectivity index (χ1v) is 6.20. The maximum absolute atomic E-state index is 11.7. The van der Waals surface area contributed by atoms with Gasteiger partial charge in [0.2, 0.25) is 0 Å². The minimum absolute atomic E-state index is 0.0760. The number of benzene rings is 1. The van der Waals surface area contributed by atoms with E-state index >= 15 is 0 Å². The highest BCUT2D eigenvalue weighted by atomic mass is 35.5. The fourth-order valence-corrected chi connectivity index (χ4v) is 1.88. The van der Waals surface area contributed by atoms with Gasteiger partial charge in [-0.05, 0) is 24.3 Å². The lowest BCUT2D eigenvalue weighted by atomic mass is 10.1. The molecule has 0 unspecified atom stereocenters. The molecule has 0 saturated carbocycles. The average Bonchev–Trinajstić information content (AvgIpc) is 2.45. The van der Waals surface area contributed by atoms with Crippen LogP contribution in [0, 0.1) is 0 Å². The van der Waals surface area contributed by atoms with Crippen LogP contribution < -0.4 is 5.32 Å². The highest BCUT2D eigenvalue weighted by Crippen LogP contribution is 2.25. The predicted octanol–water partition coefficient (Wildman–Crippen LogP) is 2.12. The molecule has 0 aliphatic heterocycles. The van der Waals surface area contributed by atoms with Crippen LogP contribution >= 0.6 is 11.6 Å². The molecule has 2 N–H and O–H groups in total. The van der Waals surface area contributed by atoms with Crippen LogP contribution in [-0.4, -0.2) is 29.1 Å². The molecule has 1 heterocycles. The van der Waals surface area contributed by atoms with Crippen LogP contribution in [0.3, 0.4) is 0 Å². The monoisotopic (exact) mass is 276 g/mol. The van der Waals surface area contributed by atoms with Crippen LogP contribution in [0.4, 0.5) is 0 Å². The summed E-state index contributed by atoms with van der Waals surface area (Å²) in [6.45, 7) is 0.167. The van der Waals surface area contributed by atoms with E-state index in [-0.39, 0.29) is 19.1 Å². The summed E-state index contributed by atoms with van der Waals surface area (Å²) < 4.78 is 0. The Kier molecular flexibility index (Phi) is 4.49. The molecule has 1 amide bonds. The van der Waals surface area contributed by atoms with Gasteiger partial charge in [0.15, 0.2) is 0 Å². The number of amides is 1. The van der Waals surface area contributed by atoms with Crippen molar-refractivity contribution < 1.29 is 9.90 Å². The van der Waals surface area contributed by atoms with Crippen molar-refractivity contribution in [3.63, 3.8) is 0 Å². The Bertz CT molecular complexity index is 570. The van der Waals surface area contributed by atoms with E-state index in [0.717, 1.165) is 5.56 Å². The molecule has 4 nitrogen and oxygen atoms in total. The summed E-state index contributed by atoms with van der Waals surface area (Å²) in [5.74, 6) is -0.215. The summed E-state index contributed by atoms with van der Waals surface area (Å²) >= 11 is 6.06. The summed E-state index contributed by atoms with van der Waals surface area (Å²) in [5.41, 5.74) is 2.07. The van der Waals surface area contributed by atoms with Gasteiger partial charge >= 0.3 is 0 Å². The van der Waals surface area contributed by atoms with Crippen LogP contribution in [0.25, 0.3) is 11.3 Å². The maximum atomic E-state index is 11.7. The molecule has 0 bridgehead atoms. The fraction of sp³-hybridized carbons (Fsp3) is 0.143. The topological polar surface area (TPSA) is 62.2 Å². The van der Waals surface area contributed by atoms with Crippen molar-refractivity contribution in [3.05, 3.63) is 53.2 Å². The van der Waals surface area contributed by atoms with Crippen molar-refractivity contribution in [2.24, 2.45) is 0 Å². The fourth-order valence-electron chi connectivity index (χ4n) is 1.65. The van der Waals surface area contributed by atoms with E-state index in [1.165, 1.54) is 0 Å². The lowest BCUT2D eigenvalue weighted by Crippen LogP contribution is -2.26. The van der Waals surface area contributed by atoms with Gasteiger partial charge in [0.05, 0.1) is 17.3 Å². The zero-order valence-electron chi connectivity index (χ0n) is 10.1. The Morgan fingerprint density at radius 3 is 2.63 bits per heavy atom. The quantitative estimate of drug-likeness (QED) is 0.899. The van der Waals surface area contributed by atoms with Crippen molar-refractivity contribution in [2.75, 3.05) is 13.2 Å². The van der Waals surface area contributed by atoms with E-state index in [1.54, 1.807) is 42.6 Å². The highest BCUT2D eigenvalue weighted by molar-refractivity contribution is 6.33. The second-order valence-corrected chi connectivity index (χ2v) is 4.30. The lowest BCUT2D eigenvalue weighted by molar-refractivity contribution is 0.0945. The van der Waals surface area contributed by atoms with Gasteiger partial charge in [-0.15, -0.1) is 0 Å². The molecule has 19 heavy (non-hydrogen) atoms. The first-order valence-electron chi connectivity index (χ1n) is 5.82. The number of nitrogens with one attached hydrogen (secondary N) is 1. The Labute approximate surface area is 116 Å².